The molecular weight excluding hydrogens is 318 g/mol. The Morgan fingerprint density at radius 3 is 2.52 bits per heavy atom. The van der Waals surface area contributed by atoms with Gasteiger partial charge in [0, 0.05) is 12.1 Å². The third kappa shape index (κ3) is 3.68. The minimum Gasteiger partial charge on any atom is -0.484 e. The van der Waals surface area contributed by atoms with Crippen LogP contribution in [0.15, 0.2) is 48.5 Å². The predicted octanol–water partition coefficient (Wildman–Crippen LogP) is 3.28. The second kappa shape index (κ2) is 7.17. The molecule has 6 heteroatoms. The van der Waals surface area contributed by atoms with Crippen molar-refractivity contribution in [2.24, 2.45) is 0 Å². The van der Waals surface area contributed by atoms with Crippen molar-refractivity contribution in [2.75, 3.05) is 11.9 Å². The smallest absolute Gasteiger partial charge is 0.264 e. The molecule has 1 heterocycles. The fraction of sp³-hybridized carbons (Fsp3) is 0.211. The van der Waals surface area contributed by atoms with E-state index in [-0.39, 0.29) is 18.3 Å². The minimum atomic E-state index is -0.291. The quantitative estimate of drug-likeness (QED) is 0.701. The van der Waals surface area contributed by atoms with Crippen LogP contribution in [0, 0.1) is 0 Å². The van der Waals surface area contributed by atoms with Crippen molar-refractivity contribution in [1.29, 1.82) is 0 Å². The number of rotatable bonds is 6. The molecule has 0 aliphatic carbocycles. The molecule has 3 rings (SSSR count). The summed E-state index contributed by atoms with van der Waals surface area (Å²) in [5.41, 5.74) is 2.41. The first-order chi connectivity index (χ1) is 12.1. The fourth-order valence-corrected chi connectivity index (χ4v) is 2.59. The predicted molar refractivity (Wildman–Crippen MR) is 96.0 cm³/mol. The number of imidazole rings is 1. The number of aromatic nitrogens is 2. The minimum absolute atomic E-state index is 0.0113. The van der Waals surface area contributed by atoms with E-state index in [0.29, 0.717) is 23.8 Å². The van der Waals surface area contributed by atoms with Gasteiger partial charge in [-0.15, -0.1) is 0 Å². The normalized spacial score (nSPS) is 10.6. The number of benzene rings is 2. The first-order valence-corrected chi connectivity index (χ1v) is 8.07. The second-order valence-electron chi connectivity index (χ2n) is 5.59. The summed E-state index contributed by atoms with van der Waals surface area (Å²) in [6.45, 7) is 4.07. The van der Waals surface area contributed by atoms with Crippen molar-refractivity contribution in [3.8, 4) is 5.75 Å². The van der Waals surface area contributed by atoms with Crippen molar-refractivity contribution in [3.63, 3.8) is 0 Å². The second-order valence-corrected chi connectivity index (χ2v) is 5.59. The van der Waals surface area contributed by atoms with E-state index in [1.165, 1.54) is 6.92 Å². The molecule has 2 aromatic carbocycles. The molecule has 0 fully saturated rings. The molecule has 128 valence electrons. The zero-order valence-electron chi connectivity index (χ0n) is 14.2. The van der Waals surface area contributed by atoms with Gasteiger partial charge in [-0.05, 0) is 50.2 Å². The summed E-state index contributed by atoms with van der Waals surface area (Å²) in [7, 11) is 0. The largest absolute Gasteiger partial charge is 0.484 e. The summed E-state index contributed by atoms with van der Waals surface area (Å²) in [5, 5.41) is 2.78. The molecule has 1 amide bonds. The number of hydrogen-bond donors (Lipinski definition) is 1. The number of anilines is 1. The van der Waals surface area contributed by atoms with Crippen LogP contribution < -0.4 is 10.1 Å². The number of hydrogen-bond acceptors (Lipinski definition) is 4. The summed E-state index contributed by atoms with van der Waals surface area (Å²) in [5.74, 6) is 0.733. The first-order valence-electron chi connectivity index (χ1n) is 8.07. The SMILES string of the molecule is CCn1c(NC(=O)COc2ccc(C(C)=O)cc2)nc2ccccc21. The van der Waals surface area contributed by atoms with Gasteiger partial charge in [0.2, 0.25) is 5.95 Å². The number of ether oxygens (including phenoxy) is 1. The zero-order valence-corrected chi connectivity index (χ0v) is 14.2. The fourth-order valence-electron chi connectivity index (χ4n) is 2.59. The van der Waals surface area contributed by atoms with Crippen LogP contribution in [-0.2, 0) is 11.3 Å². The van der Waals surface area contributed by atoms with Crippen molar-refractivity contribution in [1.82, 2.24) is 9.55 Å². The molecule has 0 saturated heterocycles. The van der Waals surface area contributed by atoms with Crippen molar-refractivity contribution in [2.45, 2.75) is 20.4 Å². The third-order valence-electron chi connectivity index (χ3n) is 3.85. The molecule has 1 aromatic heterocycles. The van der Waals surface area contributed by atoms with Crippen LogP contribution in [0.4, 0.5) is 5.95 Å². The van der Waals surface area contributed by atoms with E-state index in [4.69, 9.17) is 4.74 Å². The Labute approximate surface area is 145 Å². The van der Waals surface area contributed by atoms with Gasteiger partial charge in [-0.1, -0.05) is 12.1 Å². The Bertz CT molecular complexity index is 913. The van der Waals surface area contributed by atoms with Crippen LogP contribution in [0.2, 0.25) is 0 Å². The summed E-state index contributed by atoms with van der Waals surface area (Å²) >= 11 is 0. The first kappa shape index (κ1) is 16.7. The Balaban J connectivity index is 1.65. The lowest BCUT2D eigenvalue weighted by Gasteiger charge is -2.09. The molecule has 0 saturated carbocycles. The highest BCUT2D eigenvalue weighted by Gasteiger charge is 2.12. The van der Waals surface area contributed by atoms with E-state index in [1.807, 2.05) is 35.8 Å². The summed E-state index contributed by atoms with van der Waals surface area (Å²) in [4.78, 5) is 27.9. The van der Waals surface area contributed by atoms with Crippen molar-refractivity contribution in [3.05, 3.63) is 54.1 Å². The van der Waals surface area contributed by atoms with Gasteiger partial charge in [-0.2, -0.15) is 0 Å². The lowest BCUT2D eigenvalue weighted by atomic mass is 10.1. The number of aryl methyl sites for hydroxylation is 1. The Morgan fingerprint density at radius 2 is 1.84 bits per heavy atom. The van der Waals surface area contributed by atoms with E-state index < -0.39 is 0 Å². The third-order valence-corrected chi connectivity index (χ3v) is 3.85. The van der Waals surface area contributed by atoms with Crippen LogP contribution in [0.5, 0.6) is 5.75 Å². The van der Waals surface area contributed by atoms with Gasteiger partial charge in [0.25, 0.3) is 5.91 Å². The maximum Gasteiger partial charge on any atom is 0.264 e. The number of fused-ring (bicyclic) bond motifs is 1. The molecule has 6 nitrogen and oxygen atoms in total. The molecule has 1 N–H and O–H groups in total. The van der Waals surface area contributed by atoms with Crippen LogP contribution in [0.3, 0.4) is 0 Å². The highest BCUT2D eigenvalue weighted by Crippen LogP contribution is 2.19. The summed E-state index contributed by atoms with van der Waals surface area (Å²) in [6, 6.07) is 14.4. The van der Waals surface area contributed by atoms with E-state index in [9.17, 15) is 9.59 Å². The number of carbonyl (C=O) groups excluding carboxylic acids is 2. The van der Waals surface area contributed by atoms with Gasteiger partial charge in [0.1, 0.15) is 5.75 Å². The number of para-hydroxylation sites is 2. The van der Waals surface area contributed by atoms with Crippen LogP contribution >= 0.6 is 0 Å². The van der Waals surface area contributed by atoms with E-state index in [1.54, 1.807) is 24.3 Å². The van der Waals surface area contributed by atoms with E-state index in [0.717, 1.165) is 11.0 Å². The van der Waals surface area contributed by atoms with Crippen molar-refractivity contribution >= 4 is 28.7 Å². The number of nitrogens with one attached hydrogen (secondary N) is 1. The molecule has 0 radical (unpaired) electrons. The standard InChI is InChI=1S/C19H19N3O3/c1-3-22-17-7-5-4-6-16(17)20-19(22)21-18(24)12-25-15-10-8-14(9-11-15)13(2)23/h4-11H,3,12H2,1-2H3,(H,20,21,24). The maximum atomic E-state index is 12.2. The molecule has 0 unspecified atom stereocenters. The molecule has 25 heavy (non-hydrogen) atoms. The number of carbonyl (C=O) groups is 2. The van der Waals surface area contributed by atoms with Crippen molar-refractivity contribution < 1.29 is 14.3 Å². The lowest BCUT2D eigenvalue weighted by molar-refractivity contribution is -0.118. The van der Waals surface area contributed by atoms with Gasteiger partial charge in [-0.25, -0.2) is 4.98 Å². The molecule has 0 bridgehead atoms. The van der Waals surface area contributed by atoms with Crippen LogP contribution in [0.1, 0.15) is 24.2 Å². The molecule has 0 spiro atoms. The molecular formula is C19H19N3O3. The van der Waals surface area contributed by atoms with E-state index in [2.05, 4.69) is 10.3 Å². The monoisotopic (exact) mass is 337 g/mol. The molecule has 0 atom stereocenters. The Kier molecular flexibility index (Phi) is 4.79. The van der Waals surface area contributed by atoms with Crippen LogP contribution in [0.25, 0.3) is 11.0 Å². The topological polar surface area (TPSA) is 73.2 Å². The highest BCUT2D eigenvalue weighted by molar-refractivity contribution is 5.94. The molecule has 0 aliphatic heterocycles. The maximum absolute atomic E-state index is 12.2. The number of nitrogens with zero attached hydrogens (tertiary/aromatic N) is 2. The Morgan fingerprint density at radius 1 is 1.12 bits per heavy atom. The van der Waals surface area contributed by atoms with Gasteiger partial charge in [0.15, 0.2) is 12.4 Å². The van der Waals surface area contributed by atoms with Gasteiger partial charge in [-0.3, -0.25) is 14.9 Å². The average molecular weight is 337 g/mol. The molecule has 3 aromatic rings. The highest BCUT2D eigenvalue weighted by atomic mass is 16.5. The van der Waals surface area contributed by atoms with Gasteiger partial charge in [0.05, 0.1) is 11.0 Å². The molecule has 0 aliphatic rings. The lowest BCUT2D eigenvalue weighted by Crippen LogP contribution is -2.22. The van der Waals surface area contributed by atoms with Crippen LogP contribution in [-0.4, -0.2) is 27.8 Å². The number of amides is 1. The number of ketones is 1. The van der Waals surface area contributed by atoms with Gasteiger partial charge >= 0.3 is 0 Å². The zero-order chi connectivity index (χ0) is 17.8. The summed E-state index contributed by atoms with van der Waals surface area (Å²) in [6.07, 6.45) is 0. The number of Topliss-reactive ketones (excluding diaryl/α,β-unsaturated/α-hetero) is 1. The van der Waals surface area contributed by atoms with E-state index >= 15 is 0 Å². The average Bonchev–Trinajstić information content (AvgIpc) is 2.97. The summed E-state index contributed by atoms with van der Waals surface area (Å²) < 4.78 is 7.40. The van der Waals surface area contributed by atoms with Gasteiger partial charge < -0.3 is 9.30 Å². The Hall–Kier alpha value is -3.15.